The molecular formula is C24H22N4O5. The van der Waals surface area contributed by atoms with Gasteiger partial charge in [0.15, 0.2) is 17.3 Å². The molecule has 0 saturated carbocycles. The van der Waals surface area contributed by atoms with Crippen molar-refractivity contribution in [1.29, 1.82) is 0 Å². The van der Waals surface area contributed by atoms with Gasteiger partial charge in [-0.2, -0.15) is 4.98 Å². The minimum Gasteiger partial charge on any atom is -0.454 e. The number of amides is 1. The van der Waals surface area contributed by atoms with Crippen molar-refractivity contribution in [3.05, 3.63) is 70.3 Å². The maximum atomic E-state index is 13.0. The van der Waals surface area contributed by atoms with E-state index in [0.29, 0.717) is 34.9 Å². The van der Waals surface area contributed by atoms with Crippen LogP contribution in [0.3, 0.4) is 0 Å². The first kappa shape index (κ1) is 20.7. The van der Waals surface area contributed by atoms with Crippen LogP contribution in [0.1, 0.15) is 31.2 Å². The van der Waals surface area contributed by atoms with Gasteiger partial charge in [-0.15, -0.1) is 0 Å². The van der Waals surface area contributed by atoms with Gasteiger partial charge < -0.3 is 19.3 Å². The van der Waals surface area contributed by atoms with Crippen LogP contribution in [0, 0.1) is 0 Å². The van der Waals surface area contributed by atoms with Gasteiger partial charge >= 0.3 is 0 Å². The van der Waals surface area contributed by atoms with E-state index in [1.54, 1.807) is 6.07 Å². The molecule has 0 fully saturated rings. The molecule has 9 heteroatoms. The standard InChI is InChI=1S/C24H22N4O5/c1-14(2)23-26-24(33-27-23)17-10-22(30)28(18-6-4-3-5-16(17)18)12-21(29)25-11-15-7-8-19-20(9-15)32-13-31-19/h3-10,14H,11-13H2,1-2H3,(H,25,29). The summed E-state index contributed by atoms with van der Waals surface area (Å²) in [5.41, 5.74) is 1.71. The summed E-state index contributed by atoms with van der Waals surface area (Å²) in [6.07, 6.45) is 0. The first-order valence-electron chi connectivity index (χ1n) is 10.6. The number of para-hydroxylation sites is 1. The van der Waals surface area contributed by atoms with Crippen LogP contribution in [-0.4, -0.2) is 27.4 Å². The van der Waals surface area contributed by atoms with Crippen LogP contribution in [0.15, 0.2) is 57.8 Å². The molecule has 9 nitrogen and oxygen atoms in total. The Hall–Kier alpha value is -4.14. The molecule has 1 N–H and O–H groups in total. The molecule has 1 aliphatic rings. The molecule has 5 rings (SSSR count). The molecule has 0 aliphatic carbocycles. The molecule has 0 radical (unpaired) electrons. The van der Waals surface area contributed by atoms with Gasteiger partial charge in [0.2, 0.25) is 12.7 Å². The second-order valence-corrected chi connectivity index (χ2v) is 8.08. The molecule has 4 aromatic rings. The fourth-order valence-electron chi connectivity index (χ4n) is 3.70. The fourth-order valence-corrected chi connectivity index (χ4v) is 3.70. The molecule has 0 unspecified atom stereocenters. The Kier molecular flexibility index (Phi) is 5.29. The number of carbonyl (C=O) groups is 1. The number of hydrogen-bond acceptors (Lipinski definition) is 7. The van der Waals surface area contributed by atoms with E-state index in [1.807, 2.05) is 50.2 Å². The largest absolute Gasteiger partial charge is 0.454 e. The Balaban J connectivity index is 1.39. The lowest BCUT2D eigenvalue weighted by molar-refractivity contribution is -0.121. The number of hydrogen-bond donors (Lipinski definition) is 1. The van der Waals surface area contributed by atoms with Crippen LogP contribution in [0.5, 0.6) is 11.5 Å². The lowest BCUT2D eigenvalue weighted by Gasteiger charge is -2.12. The van der Waals surface area contributed by atoms with Gasteiger partial charge in [0, 0.05) is 23.9 Å². The van der Waals surface area contributed by atoms with Gasteiger partial charge in [0.05, 0.1) is 11.1 Å². The van der Waals surface area contributed by atoms with Crippen molar-refractivity contribution in [1.82, 2.24) is 20.0 Å². The summed E-state index contributed by atoms with van der Waals surface area (Å²) in [5, 5.41) is 7.60. The number of carbonyl (C=O) groups excluding carboxylic acids is 1. The zero-order valence-corrected chi connectivity index (χ0v) is 18.2. The van der Waals surface area contributed by atoms with Crippen LogP contribution in [0.2, 0.25) is 0 Å². The molecule has 168 valence electrons. The van der Waals surface area contributed by atoms with Crippen molar-refractivity contribution in [2.45, 2.75) is 32.9 Å². The molecule has 0 atom stereocenters. The van der Waals surface area contributed by atoms with Crippen molar-refractivity contribution < 1.29 is 18.8 Å². The maximum absolute atomic E-state index is 13.0. The van der Waals surface area contributed by atoms with E-state index in [-0.39, 0.29) is 36.6 Å². The molecule has 33 heavy (non-hydrogen) atoms. The Morgan fingerprint density at radius 1 is 1.12 bits per heavy atom. The number of benzene rings is 2. The van der Waals surface area contributed by atoms with Crippen molar-refractivity contribution in [2.24, 2.45) is 0 Å². The monoisotopic (exact) mass is 446 g/mol. The summed E-state index contributed by atoms with van der Waals surface area (Å²) in [6, 6.07) is 14.3. The van der Waals surface area contributed by atoms with Crippen molar-refractivity contribution in [3.8, 4) is 23.0 Å². The molecule has 0 spiro atoms. The molecule has 0 bridgehead atoms. The average Bonchev–Trinajstić information content (AvgIpc) is 3.49. The number of ether oxygens (including phenoxy) is 2. The van der Waals surface area contributed by atoms with Gasteiger partial charge in [-0.1, -0.05) is 43.3 Å². The SMILES string of the molecule is CC(C)c1noc(-c2cc(=O)n(CC(=O)NCc3ccc4c(c3)OCO4)c3ccccc23)n1. The topological polar surface area (TPSA) is 108 Å². The smallest absolute Gasteiger partial charge is 0.258 e. The van der Waals surface area contributed by atoms with Crippen LogP contribution >= 0.6 is 0 Å². The molecule has 2 aromatic heterocycles. The predicted molar refractivity (Wildman–Crippen MR) is 120 cm³/mol. The van der Waals surface area contributed by atoms with Gasteiger partial charge in [0.25, 0.3) is 11.4 Å². The van der Waals surface area contributed by atoms with Crippen molar-refractivity contribution in [3.63, 3.8) is 0 Å². The molecule has 3 heterocycles. The third-order valence-corrected chi connectivity index (χ3v) is 5.44. The lowest BCUT2D eigenvalue weighted by atomic mass is 10.1. The Bertz CT molecular complexity index is 1410. The van der Waals surface area contributed by atoms with Gasteiger partial charge in [-0.25, -0.2) is 0 Å². The molecule has 2 aromatic carbocycles. The third-order valence-electron chi connectivity index (χ3n) is 5.44. The number of pyridine rings is 1. The summed E-state index contributed by atoms with van der Waals surface area (Å²) < 4.78 is 17.5. The number of fused-ring (bicyclic) bond motifs is 2. The van der Waals surface area contributed by atoms with Crippen molar-refractivity contribution in [2.75, 3.05) is 6.79 Å². The zero-order chi connectivity index (χ0) is 22.9. The van der Waals surface area contributed by atoms with Gasteiger partial charge in [0.1, 0.15) is 6.54 Å². The summed E-state index contributed by atoms with van der Waals surface area (Å²) in [7, 11) is 0. The van der Waals surface area contributed by atoms with E-state index in [2.05, 4.69) is 15.5 Å². The maximum Gasteiger partial charge on any atom is 0.258 e. The number of nitrogens with one attached hydrogen (secondary N) is 1. The predicted octanol–water partition coefficient (Wildman–Crippen LogP) is 3.22. The van der Waals surface area contributed by atoms with E-state index in [9.17, 15) is 9.59 Å². The first-order chi connectivity index (χ1) is 16.0. The summed E-state index contributed by atoms with van der Waals surface area (Å²) >= 11 is 0. The van der Waals surface area contributed by atoms with Gasteiger partial charge in [-0.3, -0.25) is 14.2 Å². The summed E-state index contributed by atoms with van der Waals surface area (Å²) in [4.78, 5) is 30.1. The van der Waals surface area contributed by atoms with E-state index in [4.69, 9.17) is 14.0 Å². The highest BCUT2D eigenvalue weighted by molar-refractivity contribution is 5.93. The quantitative estimate of drug-likeness (QED) is 0.484. The summed E-state index contributed by atoms with van der Waals surface area (Å²) in [6.45, 7) is 4.31. The second-order valence-electron chi connectivity index (χ2n) is 8.08. The Morgan fingerprint density at radius 3 is 2.76 bits per heavy atom. The molecule has 1 aliphatic heterocycles. The van der Waals surface area contributed by atoms with Crippen LogP contribution in [0.25, 0.3) is 22.4 Å². The van der Waals surface area contributed by atoms with E-state index >= 15 is 0 Å². The van der Waals surface area contributed by atoms with Crippen LogP contribution < -0.4 is 20.3 Å². The summed E-state index contributed by atoms with van der Waals surface area (Å²) in [5.74, 6) is 2.01. The highest BCUT2D eigenvalue weighted by Crippen LogP contribution is 2.32. The highest BCUT2D eigenvalue weighted by atomic mass is 16.7. The molecule has 0 saturated heterocycles. The first-order valence-corrected chi connectivity index (χ1v) is 10.6. The highest BCUT2D eigenvalue weighted by Gasteiger charge is 2.18. The van der Waals surface area contributed by atoms with E-state index in [1.165, 1.54) is 10.6 Å². The van der Waals surface area contributed by atoms with Gasteiger partial charge in [-0.05, 0) is 23.8 Å². The Labute approximate surface area is 188 Å². The number of nitrogens with zero attached hydrogens (tertiary/aromatic N) is 3. The minimum atomic E-state index is -0.328. The Morgan fingerprint density at radius 2 is 1.94 bits per heavy atom. The van der Waals surface area contributed by atoms with Crippen LogP contribution in [0.4, 0.5) is 0 Å². The third kappa shape index (κ3) is 4.05. The average molecular weight is 446 g/mol. The van der Waals surface area contributed by atoms with E-state index in [0.717, 1.165) is 10.9 Å². The zero-order valence-electron chi connectivity index (χ0n) is 18.2. The normalized spacial score (nSPS) is 12.5. The fraction of sp³-hybridized carbons (Fsp3) is 0.250. The van der Waals surface area contributed by atoms with E-state index < -0.39 is 0 Å². The number of rotatable bonds is 6. The second kappa shape index (κ2) is 8.42. The van der Waals surface area contributed by atoms with Crippen molar-refractivity contribution >= 4 is 16.8 Å². The lowest BCUT2D eigenvalue weighted by Crippen LogP contribution is -2.32. The van der Waals surface area contributed by atoms with Crippen LogP contribution in [-0.2, 0) is 17.9 Å². The number of aromatic nitrogens is 3. The molecule has 1 amide bonds. The molecular weight excluding hydrogens is 424 g/mol. The minimum absolute atomic E-state index is 0.0996.